The predicted octanol–water partition coefficient (Wildman–Crippen LogP) is 2.46. The molecule has 0 aliphatic carbocycles. The summed E-state index contributed by atoms with van der Waals surface area (Å²) in [5.74, 6) is 0. The summed E-state index contributed by atoms with van der Waals surface area (Å²) in [6.07, 6.45) is 1.23. The molecule has 2 atom stereocenters. The lowest BCUT2D eigenvalue weighted by molar-refractivity contribution is 0.219. The van der Waals surface area contributed by atoms with Gasteiger partial charge in [0.2, 0.25) is 0 Å². The highest BCUT2D eigenvalue weighted by Gasteiger charge is 2.30. The van der Waals surface area contributed by atoms with Gasteiger partial charge < -0.3 is 5.11 Å². The molecule has 2 unspecified atom stereocenters. The molecule has 2 rings (SSSR count). The third-order valence-electron chi connectivity index (χ3n) is 2.73. The molecule has 0 radical (unpaired) electrons. The lowest BCUT2D eigenvalue weighted by atomic mass is 9.98. The summed E-state index contributed by atoms with van der Waals surface area (Å²) in [6.45, 7) is 3.45. The molecule has 0 spiro atoms. The van der Waals surface area contributed by atoms with Crippen LogP contribution < -0.4 is 0 Å². The normalized spacial score (nSPS) is 23.5. The summed E-state index contributed by atoms with van der Waals surface area (Å²) in [5.41, 5.74) is 1.39. The minimum atomic E-state index is 0.253. The van der Waals surface area contributed by atoms with Crippen molar-refractivity contribution in [2.75, 3.05) is 13.2 Å². The first-order chi connectivity index (χ1) is 7.31. The maximum atomic E-state index is 9.01. The van der Waals surface area contributed by atoms with E-state index in [9.17, 15) is 0 Å². The monoisotopic (exact) mass is 223 g/mol. The molecule has 0 bridgehead atoms. The van der Waals surface area contributed by atoms with Gasteiger partial charge in [0.15, 0.2) is 0 Å². The highest BCUT2D eigenvalue weighted by molar-refractivity contribution is 7.97. The molecule has 1 N–H and O–H groups in total. The van der Waals surface area contributed by atoms with Crippen LogP contribution >= 0.6 is 11.9 Å². The van der Waals surface area contributed by atoms with E-state index < -0.39 is 0 Å². The molecule has 0 saturated carbocycles. The van der Waals surface area contributed by atoms with Gasteiger partial charge in [0, 0.05) is 17.8 Å². The molecule has 1 heterocycles. The minimum absolute atomic E-state index is 0.253. The fourth-order valence-electron chi connectivity index (χ4n) is 1.76. The van der Waals surface area contributed by atoms with E-state index in [4.69, 9.17) is 5.11 Å². The van der Waals surface area contributed by atoms with Crippen molar-refractivity contribution in [1.29, 1.82) is 0 Å². The van der Waals surface area contributed by atoms with Crippen molar-refractivity contribution < 1.29 is 5.11 Å². The third kappa shape index (κ3) is 2.54. The van der Waals surface area contributed by atoms with E-state index in [0.29, 0.717) is 11.3 Å². The van der Waals surface area contributed by atoms with Crippen LogP contribution in [0.2, 0.25) is 0 Å². The number of hydrogen-bond acceptors (Lipinski definition) is 3. The molecule has 1 aliphatic rings. The zero-order chi connectivity index (χ0) is 10.7. The van der Waals surface area contributed by atoms with Gasteiger partial charge in [0.05, 0.1) is 6.61 Å². The average Bonchev–Trinajstić information content (AvgIpc) is 2.25. The van der Waals surface area contributed by atoms with Crippen LogP contribution in [0.4, 0.5) is 0 Å². The fourth-order valence-corrected chi connectivity index (χ4v) is 2.88. The number of rotatable bonds is 4. The summed E-state index contributed by atoms with van der Waals surface area (Å²) >= 11 is 1.77. The molecule has 3 heteroatoms. The highest BCUT2D eigenvalue weighted by Crippen LogP contribution is 2.39. The highest BCUT2D eigenvalue weighted by atomic mass is 32.2. The standard InChI is InChI=1S/C12H17NOS/c1-10(9-14)15-13-8-7-12(13)11-5-3-2-4-6-11/h2-6,10,12,14H,7-9H2,1H3. The Morgan fingerprint density at radius 2 is 2.20 bits per heavy atom. The Labute approximate surface area is 95.4 Å². The van der Waals surface area contributed by atoms with Crippen molar-refractivity contribution in [2.45, 2.75) is 24.6 Å². The van der Waals surface area contributed by atoms with E-state index in [1.807, 2.05) is 0 Å². The molecule has 1 aromatic rings. The Morgan fingerprint density at radius 1 is 1.47 bits per heavy atom. The molecule has 1 fully saturated rings. The first kappa shape index (κ1) is 11.0. The molecular weight excluding hydrogens is 206 g/mol. The van der Waals surface area contributed by atoms with Crippen LogP contribution in [-0.2, 0) is 0 Å². The summed E-state index contributed by atoms with van der Waals surface area (Å²) in [7, 11) is 0. The second-order valence-corrected chi connectivity index (χ2v) is 5.44. The number of aliphatic hydroxyl groups excluding tert-OH is 1. The number of aliphatic hydroxyl groups is 1. The predicted molar refractivity (Wildman–Crippen MR) is 64.6 cm³/mol. The smallest absolute Gasteiger partial charge is 0.0560 e. The number of benzene rings is 1. The molecule has 1 aliphatic heterocycles. The van der Waals surface area contributed by atoms with Crippen LogP contribution in [0.3, 0.4) is 0 Å². The lowest BCUT2D eigenvalue weighted by Gasteiger charge is -2.41. The zero-order valence-corrected chi connectivity index (χ0v) is 9.78. The third-order valence-corrected chi connectivity index (χ3v) is 3.94. The summed E-state index contributed by atoms with van der Waals surface area (Å²) in [4.78, 5) is 0. The van der Waals surface area contributed by atoms with E-state index in [1.165, 1.54) is 12.0 Å². The molecule has 1 aromatic carbocycles. The van der Waals surface area contributed by atoms with Crippen LogP contribution in [0.15, 0.2) is 30.3 Å². The summed E-state index contributed by atoms with van der Waals surface area (Å²) < 4.78 is 2.37. The fraction of sp³-hybridized carbons (Fsp3) is 0.500. The number of hydrogen-bond donors (Lipinski definition) is 1. The van der Waals surface area contributed by atoms with Gasteiger partial charge in [-0.15, -0.1) is 0 Å². The van der Waals surface area contributed by atoms with Gasteiger partial charge >= 0.3 is 0 Å². The Hall–Kier alpha value is -0.510. The van der Waals surface area contributed by atoms with Gasteiger partial charge in [-0.25, -0.2) is 4.31 Å². The van der Waals surface area contributed by atoms with Crippen molar-refractivity contribution in [1.82, 2.24) is 4.31 Å². The van der Waals surface area contributed by atoms with Crippen molar-refractivity contribution in [3.8, 4) is 0 Å². The van der Waals surface area contributed by atoms with E-state index in [0.717, 1.165) is 6.54 Å². The summed E-state index contributed by atoms with van der Waals surface area (Å²) in [6, 6.07) is 11.1. The maximum Gasteiger partial charge on any atom is 0.0560 e. The summed E-state index contributed by atoms with van der Waals surface area (Å²) in [5, 5.41) is 9.31. The van der Waals surface area contributed by atoms with E-state index in [2.05, 4.69) is 41.6 Å². The quantitative estimate of drug-likeness (QED) is 0.793. The molecule has 1 saturated heterocycles. The minimum Gasteiger partial charge on any atom is -0.395 e. The molecule has 15 heavy (non-hydrogen) atoms. The second-order valence-electron chi connectivity index (χ2n) is 3.95. The average molecular weight is 223 g/mol. The van der Waals surface area contributed by atoms with Crippen molar-refractivity contribution >= 4 is 11.9 Å². The first-order valence-electron chi connectivity index (χ1n) is 5.40. The SMILES string of the molecule is CC(CO)SN1CCC1c1ccccc1. The van der Waals surface area contributed by atoms with Gasteiger partial charge in [0.1, 0.15) is 0 Å². The van der Waals surface area contributed by atoms with Gasteiger partial charge in [-0.2, -0.15) is 0 Å². The van der Waals surface area contributed by atoms with Crippen molar-refractivity contribution in [3.63, 3.8) is 0 Å². The van der Waals surface area contributed by atoms with Crippen molar-refractivity contribution in [3.05, 3.63) is 35.9 Å². The Kier molecular flexibility index (Phi) is 3.67. The lowest BCUT2D eigenvalue weighted by Crippen LogP contribution is -2.37. The Morgan fingerprint density at radius 3 is 2.73 bits per heavy atom. The van der Waals surface area contributed by atoms with Crippen LogP contribution in [0.5, 0.6) is 0 Å². The second kappa shape index (κ2) is 5.01. The van der Waals surface area contributed by atoms with E-state index in [-0.39, 0.29) is 6.61 Å². The number of nitrogens with zero attached hydrogens (tertiary/aromatic N) is 1. The van der Waals surface area contributed by atoms with Gasteiger partial charge in [-0.3, -0.25) is 0 Å². The Bertz CT molecular complexity index is 304. The van der Waals surface area contributed by atoms with Gasteiger partial charge in [-0.1, -0.05) is 42.3 Å². The van der Waals surface area contributed by atoms with Gasteiger partial charge in [0.25, 0.3) is 0 Å². The van der Waals surface area contributed by atoms with E-state index in [1.54, 1.807) is 11.9 Å². The zero-order valence-electron chi connectivity index (χ0n) is 8.97. The van der Waals surface area contributed by atoms with Crippen LogP contribution in [-0.4, -0.2) is 27.8 Å². The van der Waals surface area contributed by atoms with Crippen LogP contribution in [0, 0.1) is 0 Å². The molecular formula is C12H17NOS. The molecule has 0 aromatic heterocycles. The first-order valence-corrected chi connectivity index (χ1v) is 6.24. The topological polar surface area (TPSA) is 23.5 Å². The molecule has 0 amide bonds. The molecule has 82 valence electrons. The van der Waals surface area contributed by atoms with Crippen LogP contribution in [0.1, 0.15) is 24.9 Å². The Balaban J connectivity index is 1.95. The molecule has 2 nitrogen and oxygen atoms in total. The van der Waals surface area contributed by atoms with Crippen LogP contribution in [0.25, 0.3) is 0 Å². The van der Waals surface area contributed by atoms with E-state index >= 15 is 0 Å². The van der Waals surface area contributed by atoms with Crippen molar-refractivity contribution in [2.24, 2.45) is 0 Å². The maximum absolute atomic E-state index is 9.01. The largest absolute Gasteiger partial charge is 0.395 e. The van der Waals surface area contributed by atoms with Gasteiger partial charge in [-0.05, 0) is 18.9 Å².